The number of nitrogens with two attached hydrogens (primary N) is 1. The Morgan fingerprint density at radius 3 is 2.62 bits per heavy atom. The molecule has 2 rings (SSSR count). The zero-order chi connectivity index (χ0) is 15.6. The fourth-order valence-corrected chi connectivity index (χ4v) is 2.60. The number of hydrogen-bond donors (Lipinski definition) is 2. The Morgan fingerprint density at radius 1 is 1.33 bits per heavy atom. The maximum Gasteiger partial charge on any atom is 0.416 e. The van der Waals surface area contributed by atoms with Gasteiger partial charge in [-0.15, -0.1) is 11.3 Å². The van der Waals surface area contributed by atoms with Gasteiger partial charge >= 0.3 is 6.18 Å². The van der Waals surface area contributed by atoms with E-state index in [9.17, 15) is 18.0 Å². The third kappa shape index (κ3) is 3.96. The number of thiophene rings is 1. The minimum absolute atomic E-state index is 0.0492. The normalized spacial score (nSPS) is 13.0. The monoisotopic (exact) mass is 334 g/mol. The van der Waals surface area contributed by atoms with Crippen LogP contribution in [0.15, 0.2) is 35.7 Å². The number of halogens is 4. The summed E-state index contributed by atoms with van der Waals surface area (Å²) in [5, 5.41) is 3.97. The van der Waals surface area contributed by atoms with Gasteiger partial charge in [-0.3, -0.25) is 4.79 Å². The Morgan fingerprint density at radius 2 is 2.05 bits per heavy atom. The fourth-order valence-electron chi connectivity index (χ4n) is 1.64. The van der Waals surface area contributed by atoms with E-state index in [2.05, 4.69) is 5.32 Å². The average Bonchev–Trinajstić information content (AvgIpc) is 2.89. The number of alkyl halides is 3. The van der Waals surface area contributed by atoms with E-state index in [1.165, 1.54) is 17.4 Å². The first-order valence-corrected chi connectivity index (χ1v) is 7.01. The van der Waals surface area contributed by atoms with Crippen LogP contribution in [0.25, 0.3) is 0 Å². The van der Waals surface area contributed by atoms with Crippen LogP contribution < -0.4 is 11.1 Å². The molecule has 3 nitrogen and oxygen atoms in total. The van der Waals surface area contributed by atoms with Gasteiger partial charge in [-0.1, -0.05) is 17.7 Å². The van der Waals surface area contributed by atoms with Crippen molar-refractivity contribution in [1.82, 2.24) is 0 Å². The van der Waals surface area contributed by atoms with E-state index < -0.39 is 23.7 Å². The van der Waals surface area contributed by atoms with Crippen molar-refractivity contribution in [2.45, 2.75) is 12.2 Å². The SMILES string of the molecule is NC(C(=O)Nc1cc(Cl)cc(C(F)(F)F)c1)c1cccs1. The minimum atomic E-state index is -4.54. The first-order valence-electron chi connectivity index (χ1n) is 5.75. The molecule has 0 saturated heterocycles. The van der Waals surface area contributed by atoms with E-state index in [0.29, 0.717) is 4.88 Å². The molecule has 1 atom stereocenters. The second kappa shape index (κ2) is 6.05. The number of carbonyl (C=O) groups is 1. The molecule has 0 aliphatic rings. The van der Waals surface area contributed by atoms with Gasteiger partial charge in [0, 0.05) is 15.6 Å². The highest BCUT2D eigenvalue weighted by Gasteiger charge is 2.31. The second-order valence-corrected chi connectivity index (χ2v) is 5.62. The molecule has 2 aromatic rings. The van der Waals surface area contributed by atoms with E-state index in [1.807, 2.05) is 0 Å². The number of benzene rings is 1. The number of rotatable bonds is 3. The van der Waals surface area contributed by atoms with Crippen molar-refractivity contribution in [1.29, 1.82) is 0 Å². The summed E-state index contributed by atoms with van der Waals surface area (Å²) in [7, 11) is 0. The van der Waals surface area contributed by atoms with Crippen LogP contribution in [0.5, 0.6) is 0 Å². The van der Waals surface area contributed by atoms with Crippen molar-refractivity contribution < 1.29 is 18.0 Å². The summed E-state index contributed by atoms with van der Waals surface area (Å²) < 4.78 is 38.0. The Kier molecular flexibility index (Phi) is 4.55. The highest BCUT2D eigenvalue weighted by molar-refractivity contribution is 7.10. The van der Waals surface area contributed by atoms with Crippen LogP contribution in [0.4, 0.5) is 18.9 Å². The summed E-state index contributed by atoms with van der Waals surface area (Å²) >= 11 is 6.93. The van der Waals surface area contributed by atoms with Crippen molar-refractivity contribution >= 4 is 34.5 Å². The summed E-state index contributed by atoms with van der Waals surface area (Å²) in [5.74, 6) is -0.604. The Hall–Kier alpha value is -1.57. The van der Waals surface area contributed by atoms with Crippen LogP contribution in [0.1, 0.15) is 16.5 Å². The van der Waals surface area contributed by atoms with Crippen molar-refractivity contribution in [2.24, 2.45) is 5.73 Å². The van der Waals surface area contributed by atoms with Gasteiger partial charge in [-0.2, -0.15) is 13.2 Å². The largest absolute Gasteiger partial charge is 0.416 e. The van der Waals surface area contributed by atoms with Crippen LogP contribution in [0.3, 0.4) is 0 Å². The van der Waals surface area contributed by atoms with Crippen molar-refractivity contribution in [2.75, 3.05) is 5.32 Å². The third-order valence-electron chi connectivity index (χ3n) is 2.62. The van der Waals surface area contributed by atoms with Crippen molar-refractivity contribution in [3.05, 3.63) is 51.2 Å². The van der Waals surface area contributed by atoms with E-state index in [-0.39, 0.29) is 10.7 Å². The molecule has 1 heterocycles. The van der Waals surface area contributed by atoms with Gasteiger partial charge in [0.25, 0.3) is 0 Å². The van der Waals surface area contributed by atoms with Crippen molar-refractivity contribution in [3.63, 3.8) is 0 Å². The summed E-state index contributed by atoms with van der Waals surface area (Å²) in [6, 6.07) is 5.29. The molecule has 0 aliphatic carbocycles. The van der Waals surface area contributed by atoms with E-state index in [4.69, 9.17) is 17.3 Å². The molecule has 1 unspecified atom stereocenters. The molecule has 0 spiro atoms. The molecular formula is C13H10ClF3N2OS. The number of amides is 1. The van der Waals surface area contributed by atoms with Crippen LogP contribution in [-0.2, 0) is 11.0 Å². The summed E-state index contributed by atoms with van der Waals surface area (Å²) in [6.07, 6.45) is -4.54. The topological polar surface area (TPSA) is 55.1 Å². The molecule has 112 valence electrons. The lowest BCUT2D eigenvalue weighted by Gasteiger charge is -2.13. The van der Waals surface area contributed by atoms with Gasteiger partial charge in [0.15, 0.2) is 0 Å². The van der Waals surface area contributed by atoms with Crippen LogP contribution >= 0.6 is 22.9 Å². The minimum Gasteiger partial charge on any atom is -0.324 e. The molecule has 0 saturated carbocycles. The molecule has 0 aliphatic heterocycles. The summed E-state index contributed by atoms with van der Waals surface area (Å²) in [6.45, 7) is 0. The van der Waals surface area contributed by atoms with Gasteiger partial charge in [0.1, 0.15) is 6.04 Å². The smallest absolute Gasteiger partial charge is 0.324 e. The first-order chi connectivity index (χ1) is 9.77. The van der Waals surface area contributed by atoms with E-state index in [0.717, 1.165) is 12.1 Å². The van der Waals surface area contributed by atoms with E-state index in [1.54, 1.807) is 17.5 Å². The zero-order valence-corrected chi connectivity index (χ0v) is 12.0. The quantitative estimate of drug-likeness (QED) is 0.889. The highest BCUT2D eigenvalue weighted by atomic mass is 35.5. The number of carbonyl (C=O) groups excluding carboxylic acids is 1. The molecular weight excluding hydrogens is 325 g/mol. The van der Waals surface area contributed by atoms with Gasteiger partial charge in [0.2, 0.25) is 5.91 Å². The molecule has 1 aromatic carbocycles. The van der Waals surface area contributed by atoms with E-state index >= 15 is 0 Å². The van der Waals surface area contributed by atoms with Crippen molar-refractivity contribution in [3.8, 4) is 0 Å². The van der Waals surface area contributed by atoms with Gasteiger partial charge in [0.05, 0.1) is 5.56 Å². The maximum atomic E-state index is 12.7. The molecule has 1 aromatic heterocycles. The predicted molar refractivity (Wildman–Crippen MR) is 76.3 cm³/mol. The Bertz CT molecular complexity index is 643. The number of nitrogens with one attached hydrogen (secondary N) is 1. The summed E-state index contributed by atoms with van der Waals surface area (Å²) in [4.78, 5) is 12.5. The van der Waals surface area contributed by atoms with Gasteiger partial charge < -0.3 is 11.1 Å². The Labute approximate surface area is 127 Å². The van der Waals surface area contributed by atoms with Gasteiger partial charge in [-0.25, -0.2) is 0 Å². The number of hydrogen-bond acceptors (Lipinski definition) is 3. The average molecular weight is 335 g/mol. The second-order valence-electron chi connectivity index (χ2n) is 4.21. The maximum absolute atomic E-state index is 12.7. The first kappa shape index (κ1) is 15.8. The predicted octanol–water partition coefficient (Wildman–Crippen LogP) is 4.06. The lowest BCUT2D eigenvalue weighted by molar-refractivity contribution is -0.137. The third-order valence-corrected chi connectivity index (χ3v) is 3.80. The molecule has 0 bridgehead atoms. The highest BCUT2D eigenvalue weighted by Crippen LogP contribution is 2.33. The molecule has 0 radical (unpaired) electrons. The number of anilines is 1. The molecule has 1 amide bonds. The molecule has 3 N–H and O–H groups in total. The lowest BCUT2D eigenvalue weighted by atomic mass is 10.1. The van der Waals surface area contributed by atoms with Crippen LogP contribution in [0, 0.1) is 0 Å². The van der Waals surface area contributed by atoms with Gasteiger partial charge in [-0.05, 0) is 29.6 Å². The van der Waals surface area contributed by atoms with Crippen LogP contribution in [-0.4, -0.2) is 5.91 Å². The Balaban J connectivity index is 2.20. The molecule has 0 fully saturated rings. The molecule has 8 heteroatoms. The van der Waals surface area contributed by atoms with Crippen LogP contribution in [0.2, 0.25) is 5.02 Å². The fraction of sp³-hybridized carbons (Fsp3) is 0.154. The molecule has 21 heavy (non-hydrogen) atoms. The standard InChI is InChI=1S/C13H10ClF3N2OS/c14-8-4-7(13(15,16)17)5-9(6-8)19-12(20)11(18)10-2-1-3-21-10/h1-6,11H,18H2,(H,19,20). The zero-order valence-electron chi connectivity index (χ0n) is 10.4. The lowest BCUT2D eigenvalue weighted by Crippen LogP contribution is -2.27. The summed E-state index contributed by atoms with van der Waals surface area (Å²) in [5.41, 5.74) is 4.75.